The Morgan fingerprint density at radius 3 is 2.77 bits per heavy atom. The largest absolute Gasteiger partial charge is 0.392 e. The molecule has 0 aliphatic heterocycles. The van der Waals surface area contributed by atoms with Crippen LogP contribution in [0.25, 0.3) is 16.7 Å². The highest BCUT2D eigenvalue weighted by Gasteiger charge is 2.07. The first kappa shape index (κ1) is 16.4. The third-order valence-corrected chi connectivity index (χ3v) is 4.29. The smallest absolute Gasteiger partial charge is 0.152 e. The molecule has 0 amide bonds. The van der Waals surface area contributed by atoms with Gasteiger partial charge < -0.3 is 9.84 Å². The molecule has 7 heteroatoms. The van der Waals surface area contributed by atoms with Gasteiger partial charge in [-0.15, -0.1) is 0 Å². The molecule has 0 radical (unpaired) electrons. The van der Waals surface area contributed by atoms with Crippen LogP contribution in [0.4, 0.5) is 0 Å². The van der Waals surface area contributed by atoms with Gasteiger partial charge in [0.05, 0.1) is 24.2 Å². The van der Waals surface area contributed by atoms with Crippen molar-refractivity contribution in [2.24, 2.45) is 7.05 Å². The predicted molar refractivity (Wildman–Crippen MR) is 96.5 cm³/mol. The minimum Gasteiger partial charge on any atom is -0.392 e. The molecule has 2 aromatic carbocycles. The molecular formula is C19H19N5O2. The molecule has 0 aliphatic rings. The zero-order chi connectivity index (χ0) is 17.9. The van der Waals surface area contributed by atoms with Gasteiger partial charge in [-0.25, -0.2) is 9.97 Å². The number of aromatic nitrogens is 5. The number of hydrogen-bond donors (Lipinski definition) is 1. The number of aryl methyl sites for hydroxylation is 1. The molecule has 4 aromatic rings. The zero-order valence-electron chi connectivity index (χ0n) is 14.4. The van der Waals surface area contributed by atoms with Crippen LogP contribution in [0.15, 0.2) is 55.1 Å². The van der Waals surface area contributed by atoms with E-state index in [1.165, 1.54) is 6.33 Å². The lowest BCUT2D eigenvalue weighted by molar-refractivity contribution is 0.0993. The van der Waals surface area contributed by atoms with E-state index in [1.54, 1.807) is 11.0 Å². The molecule has 4 rings (SSSR count). The molecule has 0 bridgehead atoms. The normalized spacial score (nSPS) is 11.3. The quantitative estimate of drug-likeness (QED) is 0.578. The van der Waals surface area contributed by atoms with Gasteiger partial charge in [0.15, 0.2) is 5.82 Å². The molecular weight excluding hydrogens is 330 g/mol. The maximum atomic E-state index is 9.27. The maximum Gasteiger partial charge on any atom is 0.152 e. The Balaban J connectivity index is 1.53. The fraction of sp³-hybridized carbons (Fsp3) is 0.211. The van der Waals surface area contributed by atoms with Crippen molar-refractivity contribution in [3.8, 4) is 5.69 Å². The first-order chi connectivity index (χ1) is 12.7. The summed E-state index contributed by atoms with van der Waals surface area (Å²) in [6, 6.07) is 13.9. The number of imidazole rings is 1. The number of ether oxygens (including phenoxy) is 1. The number of nitrogens with zero attached hydrogens (tertiary/aromatic N) is 5. The minimum absolute atomic E-state index is 0.0150. The SMILES string of the molecule is Cn1ncnc1COCc1cccc(-n2cnc3cc(CO)ccc32)c1. The summed E-state index contributed by atoms with van der Waals surface area (Å²) in [7, 11) is 1.85. The molecule has 0 unspecified atom stereocenters. The third kappa shape index (κ3) is 3.22. The second kappa shape index (κ2) is 7.07. The van der Waals surface area contributed by atoms with Crippen LogP contribution >= 0.6 is 0 Å². The second-order valence-electron chi connectivity index (χ2n) is 6.06. The van der Waals surface area contributed by atoms with Crippen molar-refractivity contribution in [3.63, 3.8) is 0 Å². The summed E-state index contributed by atoms with van der Waals surface area (Å²) in [5.74, 6) is 0.793. The van der Waals surface area contributed by atoms with Gasteiger partial charge in [-0.05, 0) is 35.4 Å². The summed E-state index contributed by atoms with van der Waals surface area (Å²) in [6.45, 7) is 0.918. The van der Waals surface area contributed by atoms with Crippen molar-refractivity contribution >= 4 is 11.0 Å². The van der Waals surface area contributed by atoms with Crippen molar-refractivity contribution in [3.05, 3.63) is 72.1 Å². The van der Waals surface area contributed by atoms with Gasteiger partial charge in [0.2, 0.25) is 0 Å². The summed E-state index contributed by atoms with van der Waals surface area (Å²) < 4.78 is 9.49. The standard InChI is InChI=1S/C19H19N5O2/c1-23-19(20-12-22-23)11-26-10-15-3-2-4-16(7-15)24-13-21-17-8-14(9-25)5-6-18(17)24/h2-8,12-13,25H,9-11H2,1H3. The molecule has 26 heavy (non-hydrogen) atoms. The topological polar surface area (TPSA) is 78.0 Å². The number of fused-ring (bicyclic) bond motifs is 1. The van der Waals surface area contributed by atoms with Crippen molar-refractivity contribution in [2.45, 2.75) is 19.8 Å². The van der Waals surface area contributed by atoms with E-state index < -0.39 is 0 Å². The third-order valence-electron chi connectivity index (χ3n) is 4.29. The van der Waals surface area contributed by atoms with Crippen LogP contribution < -0.4 is 0 Å². The van der Waals surface area contributed by atoms with Crippen LogP contribution in [0.2, 0.25) is 0 Å². The summed E-state index contributed by atoms with van der Waals surface area (Å²) in [4.78, 5) is 8.59. The fourth-order valence-corrected chi connectivity index (χ4v) is 2.87. The molecule has 2 heterocycles. The summed E-state index contributed by atoms with van der Waals surface area (Å²) in [5, 5.41) is 13.3. The van der Waals surface area contributed by atoms with Gasteiger partial charge in [0, 0.05) is 12.7 Å². The molecule has 7 nitrogen and oxygen atoms in total. The fourth-order valence-electron chi connectivity index (χ4n) is 2.87. The first-order valence-electron chi connectivity index (χ1n) is 8.31. The van der Waals surface area contributed by atoms with Crippen molar-refractivity contribution in [2.75, 3.05) is 0 Å². The van der Waals surface area contributed by atoms with E-state index in [0.717, 1.165) is 33.7 Å². The Labute approximate surface area is 150 Å². The highest BCUT2D eigenvalue weighted by Crippen LogP contribution is 2.20. The van der Waals surface area contributed by atoms with E-state index >= 15 is 0 Å². The Morgan fingerprint density at radius 1 is 1.04 bits per heavy atom. The Bertz CT molecular complexity index is 1040. The van der Waals surface area contributed by atoms with Gasteiger partial charge in [-0.1, -0.05) is 18.2 Å². The lowest BCUT2D eigenvalue weighted by atomic mass is 10.2. The monoisotopic (exact) mass is 349 g/mol. The highest BCUT2D eigenvalue weighted by atomic mass is 16.5. The number of hydrogen-bond acceptors (Lipinski definition) is 5. The van der Waals surface area contributed by atoms with E-state index in [1.807, 2.05) is 48.0 Å². The molecule has 2 aromatic heterocycles. The van der Waals surface area contributed by atoms with Gasteiger partial charge in [-0.2, -0.15) is 5.10 Å². The minimum atomic E-state index is 0.0150. The number of rotatable bonds is 6. The van der Waals surface area contributed by atoms with Crippen molar-refractivity contribution in [1.29, 1.82) is 0 Å². The lowest BCUT2D eigenvalue weighted by Gasteiger charge is -2.08. The van der Waals surface area contributed by atoms with Crippen LogP contribution in [0.1, 0.15) is 17.0 Å². The second-order valence-corrected chi connectivity index (χ2v) is 6.06. The number of benzene rings is 2. The van der Waals surface area contributed by atoms with Crippen molar-refractivity contribution in [1.82, 2.24) is 24.3 Å². The van der Waals surface area contributed by atoms with Crippen LogP contribution in [0.3, 0.4) is 0 Å². The van der Waals surface area contributed by atoms with Crippen LogP contribution in [0, 0.1) is 0 Å². The number of aliphatic hydroxyl groups is 1. The number of aliphatic hydroxyl groups excluding tert-OH is 1. The van der Waals surface area contributed by atoms with E-state index in [0.29, 0.717) is 13.2 Å². The van der Waals surface area contributed by atoms with Crippen LogP contribution in [0.5, 0.6) is 0 Å². The van der Waals surface area contributed by atoms with Crippen LogP contribution in [-0.2, 0) is 31.6 Å². The molecule has 0 fully saturated rings. The summed E-state index contributed by atoms with van der Waals surface area (Å²) in [5.41, 5.74) is 4.80. The summed E-state index contributed by atoms with van der Waals surface area (Å²) in [6.07, 6.45) is 3.32. The van der Waals surface area contributed by atoms with Gasteiger partial charge in [0.25, 0.3) is 0 Å². The molecule has 0 aliphatic carbocycles. The van der Waals surface area contributed by atoms with Gasteiger partial charge >= 0.3 is 0 Å². The van der Waals surface area contributed by atoms with Crippen LogP contribution in [-0.4, -0.2) is 29.4 Å². The van der Waals surface area contributed by atoms with E-state index in [4.69, 9.17) is 4.74 Å². The van der Waals surface area contributed by atoms with Gasteiger partial charge in [-0.3, -0.25) is 9.25 Å². The molecule has 0 saturated heterocycles. The molecule has 1 N–H and O–H groups in total. The zero-order valence-corrected chi connectivity index (χ0v) is 14.4. The molecule has 0 spiro atoms. The van der Waals surface area contributed by atoms with E-state index in [2.05, 4.69) is 21.1 Å². The van der Waals surface area contributed by atoms with E-state index in [-0.39, 0.29) is 6.61 Å². The first-order valence-corrected chi connectivity index (χ1v) is 8.31. The molecule has 132 valence electrons. The van der Waals surface area contributed by atoms with E-state index in [9.17, 15) is 5.11 Å². The predicted octanol–water partition coefficient (Wildman–Crippen LogP) is 2.36. The Hall–Kier alpha value is -3.03. The molecule has 0 atom stereocenters. The Kier molecular flexibility index (Phi) is 4.47. The Morgan fingerprint density at radius 2 is 1.96 bits per heavy atom. The summed E-state index contributed by atoms with van der Waals surface area (Å²) >= 11 is 0. The van der Waals surface area contributed by atoms with Gasteiger partial charge in [0.1, 0.15) is 19.3 Å². The molecule has 0 saturated carbocycles. The average molecular weight is 349 g/mol. The average Bonchev–Trinajstić information content (AvgIpc) is 3.27. The maximum absolute atomic E-state index is 9.27. The highest BCUT2D eigenvalue weighted by molar-refractivity contribution is 5.78. The van der Waals surface area contributed by atoms with Crippen molar-refractivity contribution < 1.29 is 9.84 Å². The lowest BCUT2D eigenvalue weighted by Crippen LogP contribution is -2.03.